The second-order valence-electron chi connectivity index (χ2n) is 11.4. The molecule has 0 atom stereocenters. The molecule has 9 aromatic rings. The van der Waals surface area contributed by atoms with Crippen molar-refractivity contribution in [2.24, 2.45) is 0 Å². The van der Waals surface area contributed by atoms with Crippen LogP contribution in [0.2, 0.25) is 0 Å². The third-order valence-corrected chi connectivity index (χ3v) is 8.55. The van der Waals surface area contributed by atoms with Crippen molar-refractivity contribution >= 4 is 43.5 Å². The Morgan fingerprint density at radius 3 is 2.07 bits per heavy atom. The van der Waals surface area contributed by atoms with Gasteiger partial charge in [-0.2, -0.15) is 0 Å². The van der Waals surface area contributed by atoms with E-state index in [4.69, 9.17) is 16.8 Å². The average Bonchev–Trinajstić information content (AvgIpc) is 3.18. The van der Waals surface area contributed by atoms with Crippen molar-refractivity contribution in [2.75, 3.05) is 0 Å². The Bertz CT molecular complexity index is 2860. The third kappa shape index (κ3) is 4.58. The van der Waals surface area contributed by atoms with E-state index >= 15 is 0 Å². The fraction of sp³-hybridized carbons (Fsp3) is 0. The van der Waals surface area contributed by atoms with E-state index in [1.165, 1.54) is 0 Å². The first-order valence-electron chi connectivity index (χ1n) is 17.6. The Morgan fingerprint density at radius 1 is 0.457 bits per heavy atom. The molecule has 6 aromatic carbocycles. The molecule has 3 nitrogen and oxygen atoms in total. The topological polar surface area (TPSA) is 38.7 Å². The van der Waals surface area contributed by atoms with Gasteiger partial charge < -0.3 is 0 Å². The number of pyridine rings is 3. The highest BCUT2D eigenvalue weighted by Crippen LogP contribution is 2.37. The van der Waals surface area contributed by atoms with Gasteiger partial charge in [-0.3, -0.25) is 9.97 Å². The predicted octanol–water partition coefficient (Wildman–Crippen LogP) is 11.2. The van der Waals surface area contributed by atoms with Crippen molar-refractivity contribution in [2.45, 2.75) is 0 Å². The van der Waals surface area contributed by atoms with E-state index in [0.29, 0.717) is 22.2 Å². The second kappa shape index (κ2) is 10.8. The van der Waals surface area contributed by atoms with Crippen molar-refractivity contribution in [3.8, 4) is 44.6 Å². The fourth-order valence-corrected chi connectivity index (χ4v) is 6.29. The molecule has 9 rings (SSSR count). The lowest BCUT2D eigenvalue weighted by atomic mass is 9.92. The SMILES string of the molecule is [2H]c1c([2H])c([2H])c(-c2cc(-c3cc(-c4ccc5ccccc5c4)cc(-c4cnc5c(ccc6cccnc65)c4)c3)nc3ccccc23)c([2H])c1[2H]. The lowest BCUT2D eigenvalue weighted by Gasteiger charge is -2.14. The van der Waals surface area contributed by atoms with Crippen LogP contribution in [0, 0.1) is 0 Å². The molecule has 0 aliphatic heterocycles. The van der Waals surface area contributed by atoms with Gasteiger partial charge in [-0.15, -0.1) is 0 Å². The largest absolute Gasteiger partial charge is 0.254 e. The van der Waals surface area contributed by atoms with Gasteiger partial charge in [-0.25, -0.2) is 4.98 Å². The molecule has 0 amide bonds. The zero-order chi connectivity index (χ0) is 34.8. The highest BCUT2D eigenvalue weighted by atomic mass is 14.7. The maximum Gasteiger partial charge on any atom is 0.0964 e. The first-order valence-corrected chi connectivity index (χ1v) is 15.1. The minimum absolute atomic E-state index is 0.145. The van der Waals surface area contributed by atoms with Crippen LogP contribution in [0.5, 0.6) is 0 Å². The summed E-state index contributed by atoms with van der Waals surface area (Å²) < 4.78 is 42.5. The summed E-state index contributed by atoms with van der Waals surface area (Å²) in [5.41, 5.74) is 8.32. The molecule has 0 aliphatic carbocycles. The first-order chi connectivity index (χ1) is 24.8. The number of hydrogen-bond acceptors (Lipinski definition) is 3. The molecule has 0 N–H and O–H groups in total. The van der Waals surface area contributed by atoms with Gasteiger partial charge in [0.1, 0.15) is 0 Å². The lowest BCUT2D eigenvalue weighted by Crippen LogP contribution is -1.92. The fourth-order valence-electron chi connectivity index (χ4n) is 6.29. The molecular formula is C43H27N3. The molecule has 0 fully saturated rings. The third-order valence-electron chi connectivity index (χ3n) is 8.55. The van der Waals surface area contributed by atoms with Gasteiger partial charge in [0.25, 0.3) is 0 Å². The summed E-state index contributed by atoms with van der Waals surface area (Å²) in [6.07, 6.45) is 3.66. The van der Waals surface area contributed by atoms with Gasteiger partial charge in [0.05, 0.1) is 29.1 Å². The molecule has 0 saturated carbocycles. The molecule has 0 unspecified atom stereocenters. The molecule has 3 aromatic heterocycles. The maximum atomic E-state index is 8.79. The highest BCUT2D eigenvalue weighted by molar-refractivity contribution is 6.04. The number of para-hydroxylation sites is 1. The molecule has 0 bridgehead atoms. The molecule has 0 spiro atoms. The molecule has 46 heavy (non-hydrogen) atoms. The Balaban J connectivity index is 1.30. The molecular weight excluding hydrogens is 558 g/mol. The normalized spacial score (nSPS) is 13.0. The molecule has 0 radical (unpaired) electrons. The Labute approximate surface area is 273 Å². The standard InChI is InChI=1S/C43H27N3/c1-2-10-29(11-3-1)39-26-41(46-40-15-7-6-14-38(39)40)36-24-34(32-18-16-28-9-4-5-12-31(28)21-32)23-35(25-36)37-22-33-19-17-30-13-8-20-44-42(30)43(33)45-27-37/h1-27H/i1D,2D,3D,10D,11D. The summed E-state index contributed by atoms with van der Waals surface area (Å²) in [4.78, 5) is 14.6. The van der Waals surface area contributed by atoms with E-state index in [2.05, 4.69) is 71.7 Å². The minimum Gasteiger partial charge on any atom is -0.254 e. The van der Waals surface area contributed by atoms with Gasteiger partial charge in [-0.05, 0) is 87.1 Å². The van der Waals surface area contributed by atoms with E-state index in [9.17, 15) is 0 Å². The second-order valence-corrected chi connectivity index (χ2v) is 11.4. The van der Waals surface area contributed by atoms with Gasteiger partial charge >= 0.3 is 0 Å². The summed E-state index contributed by atoms with van der Waals surface area (Å²) in [7, 11) is 0. The van der Waals surface area contributed by atoms with E-state index in [-0.39, 0.29) is 29.7 Å². The van der Waals surface area contributed by atoms with Crippen molar-refractivity contribution in [3.63, 3.8) is 0 Å². The van der Waals surface area contributed by atoms with Crippen molar-refractivity contribution < 1.29 is 6.85 Å². The number of benzene rings is 6. The first kappa shape index (κ1) is 21.5. The summed E-state index contributed by atoms with van der Waals surface area (Å²) >= 11 is 0. The van der Waals surface area contributed by atoms with E-state index in [1.807, 2.05) is 60.8 Å². The lowest BCUT2D eigenvalue weighted by molar-refractivity contribution is 1.37. The van der Waals surface area contributed by atoms with Crippen molar-refractivity contribution in [1.82, 2.24) is 15.0 Å². The maximum absolute atomic E-state index is 8.79. The monoisotopic (exact) mass is 590 g/mol. The summed E-state index contributed by atoms with van der Waals surface area (Å²) in [5, 5.41) is 4.98. The Morgan fingerprint density at radius 2 is 1.15 bits per heavy atom. The zero-order valence-electron chi connectivity index (χ0n) is 29.5. The molecule has 0 aliphatic rings. The Kier molecular flexibility index (Phi) is 5.03. The summed E-state index contributed by atoms with van der Waals surface area (Å²) in [6, 6.07) is 38.9. The van der Waals surface area contributed by atoms with E-state index < -0.39 is 6.04 Å². The molecule has 214 valence electrons. The average molecular weight is 591 g/mol. The van der Waals surface area contributed by atoms with Gasteiger partial charge in [-0.1, -0.05) is 103 Å². The number of rotatable bonds is 4. The zero-order valence-corrected chi connectivity index (χ0v) is 24.5. The van der Waals surface area contributed by atoms with Crippen LogP contribution in [0.1, 0.15) is 6.85 Å². The van der Waals surface area contributed by atoms with Crippen molar-refractivity contribution in [1.29, 1.82) is 0 Å². The highest BCUT2D eigenvalue weighted by Gasteiger charge is 2.14. The number of fused-ring (bicyclic) bond motifs is 5. The van der Waals surface area contributed by atoms with Crippen LogP contribution < -0.4 is 0 Å². The van der Waals surface area contributed by atoms with Crippen LogP contribution in [0.15, 0.2) is 164 Å². The van der Waals surface area contributed by atoms with E-state index in [0.717, 1.165) is 60.4 Å². The smallest absolute Gasteiger partial charge is 0.0964 e. The van der Waals surface area contributed by atoms with Crippen LogP contribution in [-0.2, 0) is 0 Å². The summed E-state index contributed by atoms with van der Waals surface area (Å²) in [6.45, 7) is 0. The molecule has 3 heterocycles. The van der Waals surface area contributed by atoms with Crippen molar-refractivity contribution in [3.05, 3.63) is 164 Å². The number of hydrogen-bond donors (Lipinski definition) is 0. The predicted molar refractivity (Wildman–Crippen MR) is 192 cm³/mol. The molecule has 3 heteroatoms. The van der Waals surface area contributed by atoms with Crippen LogP contribution in [0.25, 0.3) is 88.1 Å². The number of nitrogens with zero attached hydrogens (tertiary/aromatic N) is 3. The number of aromatic nitrogens is 3. The summed E-state index contributed by atoms with van der Waals surface area (Å²) in [5.74, 6) is 0. The quantitative estimate of drug-likeness (QED) is 0.191. The van der Waals surface area contributed by atoms with Crippen LogP contribution in [-0.4, -0.2) is 15.0 Å². The van der Waals surface area contributed by atoms with Crippen LogP contribution in [0.4, 0.5) is 0 Å². The van der Waals surface area contributed by atoms with Crippen LogP contribution in [0.3, 0.4) is 0 Å². The van der Waals surface area contributed by atoms with Crippen LogP contribution >= 0.6 is 0 Å². The van der Waals surface area contributed by atoms with Gasteiger partial charge in [0, 0.05) is 39.7 Å². The van der Waals surface area contributed by atoms with Gasteiger partial charge in [0.2, 0.25) is 0 Å². The Hall–Kier alpha value is -6.19. The minimum atomic E-state index is -0.423. The van der Waals surface area contributed by atoms with E-state index in [1.54, 1.807) is 6.20 Å². The molecule has 0 saturated heterocycles. The van der Waals surface area contributed by atoms with Gasteiger partial charge in [0.15, 0.2) is 0 Å².